The molecule has 0 saturated carbocycles. The van der Waals surface area contributed by atoms with Crippen molar-refractivity contribution in [2.24, 2.45) is 4.99 Å². The maximum Gasteiger partial charge on any atom is 0.159 e. The van der Waals surface area contributed by atoms with Crippen LogP contribution in [-0.4, -0.2) is 25.8 Å². The fourth-order valence-electron chi connectivity index (χ4n) is 0.580. The average Bonchev–Trinajstić information content (AvgIpc) is 2.04. The molecule has 12 heavy (non-hydrogen) atoms. The molecule has 0 N–H and O–H groups in total. The summed E-state index contributed by atoms with van der Waals surface area (Å²) in [6.07, 6.45) is 4.64. The van der Waals surface area contributed by atoms with Crippen LogP contribution in [-0.2, 0) is 9.53 Å². The normalized spacial score (nSPS) is 12.0. The molecule has 3 heteroatoms. The maximum atomic E-state index is 10.8. The van der Waals surface area contributed by atoms with Crippen molar-refractivity contribution < 1.29 is 9.53 Å². The van der Waals surface area contributed by atoms with Gasteiger partial charge in [-0.05, 0) is 13.0 Å². The Morgan fingerprint density at radius 2 is 2.33 bits per heavy atom. The Hall–Kier alpha value is -1.22. The van der Waals surface area contributed by atoms with Gasteiger partial charge in [0.2, 0.25) is 0 Å². The van der Waals surface area contributed by atoms with Crippen molar-refractivity contribution >= 4 is 12.0 Å². The highest BCUT2D eigenvalue weighted by molar-refractivity contribution is 5.99. The number of methoxy groups -OCH3 is 1. The van der Waals surface area contributed by atoms with Gasteiger partial charge in [0.25, 0.3) is 0 Å². The number of hydrogen-bond donors (Lipinski definition) is 0. The van der Waals surface area contributed by atoms with Crippen molar-refractivity contribution in [3.05, 3.63) is 24.3 Å². The molecule has 0 fully saturated rings. The number of hydrogen-bond acceptors (Lipinski definition) is 3. The molecule has 0 unspecified atom stereocenters. The lowest BCUT2D eigenvalue weighted by atomic mass is 10.2. The van der Waals surface area contributed by atoms with E-state index in [4.69, 9.17) is 0 Å². The van der Waals surface area contributed by atoms with Crippen LogP contribution >= 0.6 is 0 Å². The van der Waals surface area contributed by atoms with Crippen molar-refractivity contribution in [2.75, 3.05) is 13.8 Å². The summed E-state index contributed by atoms with van der Waals surface area (Å²) in [6, 6.07) is 0. The van der Waals surface area contributed by atoms with E-state index in [1.165, 1.54) is 19.2 Å². The topological polar surface area (TPSA) is 38.7 Å². The fraction of sp³-hybridized carbons (Fsp3) is 0.333. The van der Waals surface area contributed by atoms with E-state index in [1.807, 2.05) is 0 Å². The number of ether oxygens (including phenoxy) is 1. The van der Waals surface area contributed by atoms with E-state index < -0.39 is 0 Å². The van der Waals surface area contributed by atoms with Gasteiger partial charge in [-0.1, -0.05) is 12.7 Å². The molecule has 0 amide bonds. The highest BCUT2D eigenvalue weighted by Gasteiger charge is 1.94. The molecule has 0 aromatic carbocycles. The number of ketones is 1. The Morgan fingerprint density at radius 1 is 1.67 bits per heavy atom. The van der Waals surface area contributed by atoms with Crippen LogP contribution in [0.4, 0.5) is 0 Å². The van der Waals surface area contributed by atoms with Gasteiger partial charge in [0, 0.05) is 18.9 Å². The quantitative estimate of drug-likeness (QED) is 0.352. The van der Waals surface area contributed by atoms with Crippen LogP contribution in [0.1, 0.15) is 6.92 Å². The van der Waals surface area contributed by atoms with Gasteiger partial charge in [0.15, 0.2) is 5.78 Å². The monoisotopic (exact) mass is 167 g/mol. The molecular weight excluding hydrogens is 154 g/mol. The minimum Gasteiger partial charge on any atom is -0.363 e. The molecule has 0 aliphatic rings. The van der Waals surface area contributed by atoms with Gasteiger partial charge in [-0.3, -0.25) is 9.79 Å². The molecule has 0 spiro atoms. The number of carbonyl (C=O) groups excluding carboxylic acids is 1. The smallest absolute Gasteiger partial charge is 0.159 e. The molecule has 0 atom stereocenters. The summed E-state index contributed by atoms with van der Waals surface area (Å²) in [6.45, 7) is 5.29. The van der Waals surface area contributed by atoms with Gasteiger partial charge in [0.1, 0.15) is 6.73 Å². The molecule has 0 saturated heterocycles. The van der Waals surface area contributed by atoms with E-state index in [0.717, 1.165) is 0 Å². The number of aliphatic imine (C=N–C) groups is 1. The van der Waals surface area contributed by atoms with Crippen LogP contribution < -0.4 is 0 Å². The van der Waals surface area contributed by atoms with Crippen LogP contribution in [0.3, 0.4) is 0 Å². The molecule has 0 aliphatic heterocycles. The summed E-state index contributed by atoms with van der Waals surface area (Å²) in [7, 11) is 1.56. The first-order valence-electron chi connectivity index (χ1n) is 3.54. The van der Waals surface area contributed by atoms with Gasteiger partial charge < -0.3 is 4.74 Å². The molecule has 3 nitrogen and oxygen atoms in total. The first kappa shape index (κ1) is 10.8. The minimum absolute atomic E-state index is 0.0196. The fourth-order valence-corrected chi connectivity index (χ4v) is 0.580. The van der Waals surface area contributed by atoms with E-state index in [2.05, 4.69) is 16.3 Å². The van der Waals surface area contributed by atoms with Gasteiger partial charge in [-0.15, -0.1) is 0 Å². The Labute approximate surface area is 72.4 Å². The van der Waals surface area contributed by atoms with Crippen LogP contribution in [0.5, 0.6) is 0 Å². The SMILES string of the molecule is C=C/C(=C\C=N/COC)C(C)=O. The van der Waals surface area contributed by atoms with E-state index in [1.54, 1.807) is 13.2 Å². The second-order valence-corrected chi connectivity index (χ2v) is 2.13. The third-order valence-corrected chi connectivity index (χ3v) is 1.19. The molecule has 0 bridgehead atoms. The lowest BCUT2D eigenvalue weighted by molar-refractivity contribution is -0.113. The molecule has 0 radical (unpaired) electrons. The summed E-state index contributed by atoms with van der Waals surface area (Å²) in [5.41, 5.74) is 0.551. The molecular formula is C9H13NO2. The van der Waals surface area contributed by atoms with E-state index in [-0.39, 0.29) is 5.78 Å². The van der Waals surface area contributed by atoms with Crippen LogP contribution in [0.2, 0.25) is 0 Å². The molecule has 0 aliphatic carbocycles. The number of Topliss-reactive ketones (excluding diaryl/α,β-unsaturated/α-hetero) is 1. The zero-order valence-electron chi connectivity index (χ0n) is 7.41. The van der Waals surface area contributed by atoms with Crippen molar-refractivity contribution in [3.63, 3.8) is 0 Å². The first-order valence-corrected chi connectivity index (χ1v) is 3.54. The summed E-state index contributed by atoms with van der Waals surface area (Å²) < 4.78 is 4.68. The Kier molecular flexibility index (Phi) is 5.83. The van der Waals surface area contributed by atoms with Crippen LogP contribution in [0.15, 0.2) is 29.3 Å². The minimum atomic E-state index is -0.0196. The van der Waals surface area contributed by atoms with Crippen molar-refractivity contribution in [1.29, 1.82) is 0 Å². The second-order valence-electron chi connectivity index (χ2n) is 2.13. The Bertz CT molecular complexity index is 217. The third kappa shape index (κ3) is 4.57. The van der Waals surface area contributed by atoms with Crippen molar-refractivity contribution in [2.45, 2.75) is 6.92 Å². The Morgan fingerprint density at radius 3 is 2.75 bits per heavy atom. The number of carbonyl (C=O) groups is 1. The Balaban J connectivity index is 4.11. The molecule has 0 rings (SSSR count). The highest BCUT2D eigenvalue weighted by atomic mass is 16.5. The predicted octanol–water partition coefficient (Wildman–Crippen LogP) is 1.36. The number of nitrogens with zero attached hydrogens (tertiary/aromatic N) is 1. The standard InChI is InChI=1S/C9H13NO2/c1-4-9(8(2)11)5-6-10-7-12-3/h4-6H,1,7H2,2-3H3/b9-5+,10-6-. The summed E-state index contributed by atoms with van der Waals surface area (Å²) in [5, 5.41) is 0. The average molecular weight is 167 g/mol. The maximum absolute atomic E-state index is 10.8. The third-order valence-electron chi connectivity index (χ3n) is 1.19. The lowest BCUT2D eigenvalue weighted by Gasteiger charge is -1.90. The lowest BCUT2D eigenvalue weighted by Crippen LogP contribution is -1.93. The second kappa shape index (κ2) is 6.49. The summed E-state index contributed by atoms with van der Waals surface area (Å²) in [5.74, 6) is -0.0196. The van der Waals surface area contributed by atoms with Gasteiger partial charge in [0.05, 0.1) is 0 Å². The van der Waals surface area contributed by atoms with Gasteiger partial charge >= 0.3 is 0 Å². The summed E-state index contributed by atoms with van der Waals surface area (Å²) in [4.78, 5) is 14.6. The van der Waals surface area contributed by atoms with E-state index in [0.29, 0.717) is 12.3 Å². The zero-order chi connectivity index (χ0) is 9.40. The van der Waals surface area contributed by atoms with Crippen LogP contribution in [0, 0.1) is 0 Å². The molecule has 0 aromatic rings. The van der Waals surface area contributed by atoms with E-state index in [9.17, 15) is 4.79 Å². The summed E-state index contributed by atoms with van der Waals surface area (Å²) >= 11 is 0. The predicted molar refractivity (Wildman–Crippen MR) is 49.3 cm³/mol. The number of allylic oxidation sites excluding steroid dienone is 3. The molecule has 0 aromatic heterocycles. The van der Waals surface area contributed by atoms with E-state index >= 15 is 0 Å². The van der Waals surface area contributed by atoms with Crippen molar-refractivity contribution in [3.8, 4) is 0 Å². The van der Waals surface area contributed by atoms with Gasteiger partial charge in [-0.2, -0.15) is 0 Å². The number of rotatable bonds is 5. The highest BCUT2D eigenvalue weighted by Crippen LogP contribution is 1.94. The molecule has 0 heterocycles. The van der Waals surface area contributed by atoms with Gasteiger partial charge in [-0.25, -0.2) is 0 Å². The zero-order valence-corrected chi connectivity index (χ0v) is 7.41. The first-order chi connectivity index (χ1) is 5.72. The molecule has 66 valence electrons. The van der Waals surface area contributed by atoms with Crippen molar-refractivity contribution in [1.82, 2.24) is 0 Å². The van der Waals surface area contributed by atoms with Crippen LogP contribution in [0.25, 0.3) is 0 Å². The largest absolute Gasteiger partial charge is 0.363 e.